The molecule has 0 saturated heterocycles. The molecule has 3 rings (SSSR count). The molecule has 6 heteroatoms. The van der Waals surface area contributed by atoms with Gasteiger partial charge in [0.15, 0.2) is 0 Å². The lowest BCUT2D eigenvalue weighted by molar-refractivity contribution is -0.125. The molecule has 3 atom stereocenters. The molecule has 6 nitrogen and oxygen atoms in total. The summed E-state index contributed by atoms with van der Waals surface area (Å²) >= 11 is 0. The van der Waals surface area contributed by atoms with Crippen LogP contribution < -0.4 is 11.1 Å². The Hall–Kier alpha value is -1.92. The van der Waals surface area contributed by atoms with E-state index in [1.807, 2.05) is 30.8 Å². The number of aliphatic hydroxyl groups excluding tert-OH is 1. The fraction of sp³-hybridized carbons (Fsp3) is 0.500. The van der Waals surface area contributed by atoms with Gasteiger partial charge in [-0.2, -0.15) is 5.10 Å². The lowest BCUT2D eigenvalue weighted by Gasteiger charge is -2.09. The minimum Gasteiger partial charge on any atom is -0.391 e. The van der Waals surface area contributed by atoms with E-state index in [1.54, 1.807) is 0 Å². The van der Waals surface area contributed by atoms with Gasteiger partial charge in [-0.05, 0) is 31.9 Å². The average Bonchev–Trinajstić information content (AvgIpc) is 2.97. The first-order chi connectivity index (χ1) is 10.5. The third-order valence-corrected chi connectivity index (χ3v) is 4.46. The van der Waals surface area contributed by atoms with Crippen molar-refractivity contribution >= 4 is 16.8 Å². The van der Waals surface area contributed by atoms with Crippen molar-refractivity contribution in [3.05, 3.63) is 29.5 Å². The van der Waals surface area contributed by atoms with Gasteiger partial charge in [-0.3, -0.25) is 9.48 Å². The number of aryl methyl sites for hydroxylation is 2. The highest BCUT2D eigenvalue weighted by molar-refractivity contribution is 5.84. The molecule has 0 aliphatic heterocycles. The lowest BCUT2D eigenvalue weighted by atomic mass is 10.1. The van der Waals surface area contributed by atoms with Crippen molar-refractivity contribution in [2.45, 2.75) is 38.5 Å². The van der Waals surface area contributed by atoms with Crippen molar-refractivity contribution in [3.63, 3.8) is 0 Å². The Morgan fingerprint density at radius 3 is 2.95 bits per heavy atom. The Bertz CT molecular complexity index is 699. The van der Waals surface area contributed by atoms with Gasteiger partial charge in [0.05, 0.1) is 23.9 Å². The average molecular weight is 302 g/mol. The largest absolute Gasteiger partial charge is 0.391 e. The summed E-state index contributed by atoms with van der Waals surface area (Å²) in [4.78, 5) is 12.2. The van der Waals surface area contributed by atoms with E-state index in [0.717, 1.165) is 22.2 Å². The summed E-state index contributed by atoms with van der Waals surface area (Å²) in [5.41, 5.74) is 8.84. The second-order valence-electron chi connectivity index (χ2n) is 6.21. The molecule has 1 aromatic heterocycles. The molecular weight excluding hydrogens is 280 g/mol. The van der Waals surface area contributed by atoms with Gasteiger partial charge >= 0.3 is 0 Å². The number of hydrogen-bond acceptors (Lipinski definition) is 4. The molecule has 118 valence electrons. The van der Waals surface area contributed by atoms with Crippen molar-refractivity contribution in [2.24, 2.45) is 18.7 Å². The van der Waals surface area contributed by atoms with E-state index in [1.165, 1.54) is 0 Å². The van der Waals surface area contributed by atoms with Crippen LogP contribution in [-0.4, -0.2) is 32.9 Å². The molecule has 4 N–H and O–H groups in total. The maximum Gasteiger partial charge on any atom is 0.223 e. The standard InChI is InChI=1S/C16H22N4O2/c1-9-3-4-14-11(5-9)13(19-20(14)2)8-18-16(22)10-6-12(17)15(21)7-10/h3-5,10,12,15,21H,6-8,17H2,1-2H3,(H,18,22)/t10-,12+,15+/m0/s1. The number of hydrogen-bond donors (Lipinski definition) is 3. The van der Waals surface area contributed by atoms with Crippen molar-refractivity contribution in [1.82, 2.24) is 15.1 Å². The molecule has 22 heavy (non-hydrogen) atoms. The van der Waals surface area contributed by atoms with Gasteiger partial charge in [0, 0.05) is 24.4 Å². The molecule has 2 aromatic rings. The first-order valence-corrected chi connectivity index (χ1v) is 7.59. The minimum absolute atomic E-state index is 0.0570. The number of nitrogens with one attached hydrogen (secondary N) is 1. The van der Waals surface area contributed by atoms with Crippen LogP contribution in [0.5, 0.6) is 0 Å². The highest BCUT2D eigenvalue weighted by atomic mass is 16.3. The van der Waals surface area contributed by atoms with E-state index in [-0.39, 0.29) is 17.9 Å². The monoisotopic (exact) mass is 302 g/mol. The number of benzene rings is 1. The molecule has 0 bridgehead atoms. The summed E-state index contributed by atoms with van der Waals surface area (Å²) in [5.74, 6) is -0.264. The number of nitrogens with two attached hydrogens (primary N) is 1. The zero-order valence-corrected chi connectivity index (χ0v) is 12.9. The predicted molar refractivity (Wildman–Crippen MR) is 84.0 cm³/mol. The number of amides is 1. The van der Waals surface area contributed by atoms with Crippen molar-refractivity contribution in [2.75, 3.05) is 0 Å². The zero-order valence-electron chi connectivity index (χ0n) is 12.9. The number of carbonyl (C=O) groups excluding carboxylic acids is 1. The number of rotatable bonds is 3. The molecule has 0 spiro atoms. The summed E-state index contributed by atoms with van der Waals surface area (Å²) < 4.78 is 1.82. The molecule has 1 heterocycles. The van der Waals surface area contributed by atoms with Crippen molar-refractivity contribution < 1.29 is 9.90 Å². The summed E-state index contributed by atoms with van der Waals surface area (Å²) in [7, 11) is 1.90. The van der Waals surface area contributed by atoms with E-state index in [2.05, 4.69) is 16.5 Å². The Balaban J connectivity index is 1.72. The Morgan fingerprint density at radius 2 is 2.27 bits per heavy atom. The van der Waals surface area contributed by atoms with E-state index in [9.17, 15) is 9.90 Å². The molecule has 1 aliphatic carbocycles. The van der Waals surface area contributed by atoms with Gasteiger partial charge in [0.1, 0.15) is 0 Å². The van der Waals surface area contributed by atoms with Crippen LogP contribution in [0.25, 0.3) is 10.9 Å². The predicted octanol–water partition coefficient (Wildman–Crippen LogP) is 0.596. The third-order valence-electron chi connectivity index (χ3n) is 4.46. The second kappa shape index (κ2) is 5.70. The Kier molecular flexibility index (Phi) is 3.88. The Labute approximate surface area is 129 Å². The summed E-state index contributed by atoms with van der Waals surface area (Å²) in [6.45, 7) is 2.43. The fourth-order valence-electron chi connectivity index (χ4n) is 3.16. The van der Waals surface area contributed by atoms with Gasteiger partial charge < -0.3 is 16.2 Å². The van der Waals surface area contributed by atoms with Gasteiger partial charge in [0.2, 0.25) is 5.91 Å². The van der Waals surface area contributed by atoms with Crippen molar-refractivity contribution in [1.29, 1.82) is 0 Å². The normalized spacial score (nSPS) is 24.8. The number of nitrogens with zero attached hydrogens (tertiary/aromatic N) is 2. The summed E-state index contributed by atoms with van der Waals surface area (Å²) in [5, 5.41) is 18.1. The van der Waals surface area contributed by atoms with Crippen LogP contribution in [0.15, 0.2) is 18.2 Å². The van der Waals surface area contributed by atoms with Crippen LogP contribution >= 0.6 is 0 Å². The van der Waals surface area contributed by atoms with E-state index in [4.69, 9.17) is 5.73 Å². The number of aromatic nitrogens is 2. The molecule has 1 aromatic carbocycles. The van der Waals surface area contributed by atoms with Crippen LogP contribution in [0.1, 0.15) is 24.1 Å². The fourth-order valence-corrected chi connectivity index (χ4v) is 3.16. The van der Waals surface area contributed by atoms with Crippen LogP contribution in [0.4, 0.5) is 0 Å². The maximum atomic E-state index is 12.2. The smallest absolute Gasteiger partial charge is 0.223 e. The molecule has 1 saturated carbocycles. The molecule has 0 radical (unpaired) electrons. The summed E-state index contributed by atoms with van der Waals surface area (Å²) in [6.07, 6.45) is 0.401. The highest BCUT2D eigenvalue weighted by Crippen LogP contribution is 2.25. The van der Waals surface area contributed by atoms with Gasteiger partial charge in [0.25, 0.3) is 0 Å². The topological polar surface area (TPSA) is 93.2 Å². The SMILES string of the molecule is Cc1ccc2c(c1)c(CNC(=O)[C@H]1C[C@@H](N)[C@H](O)C1)nn2C. The van der Waals surface area contributed by atoms with Gasteiger partial charge in [-0.15, -0.1) is 0 Å². The number of fused-ring (bicyclic) bond motifs is 1. The van der Waals surface area contributed by atoms with Crippen molar-refractivity contribution in [3.8, 4) is 0 Å². The maximum absolute atomic E-state index is 12.2. The quantitative estimate of drug-likeness (QED) is 0.774. The van der Waals surface area contributed by atoms with E-state index < -0.39 is 6.10 Å². The molecule has 1 aliphatic rings. The molecule has 0 unspecified atom stereocenters. The summed E-state index contributed by atoms with van der Waals surface area (Å²) in [6, 6.07) is 5.87. The number of aliphatic hydroxyl groups is 1. The minimum atomic E-state index is -0.575. The zero-order chi connectivity index (χ0) is 15.9. The van der Waals surface area contributed by atoms with Crippen LogP contribution in [-0.2, 0) is 18.4 Å². The van der Waals surface area contributed by atoms with Crippen LogP contribution in [0.2, 0.25) is 0 Å². The Morgan fingerprint density at radius 1 is 1.50 bits per heavy atom. The lowest BCUT2D eigenvalue weighted by Crippen LogP contribution is -2.30. The molecule has 1 fully saturated rings. The van der Waals surface area contributed by atoms with Crippen LogP contribution in [0.3, 0.4) is 0 Å². The second-order valence-corrected chi connectivity index (χ2v) is 6.21. The van der Waals surface area contributed by atoms with Gasteiger partial charge in [-0.1, -0.05) is 11.6 Å². The van der Waals surface area contributed by atoms with Gasteiger partial charge in [-0.25, -0.2) is 0 Å². The highest BCUT2D eigenvalue weighted by Gasteiger charge is 2.34. The molecule has 1 amide bonds. The third kappa shape index (κ3) is 2.71. The molecular formula is C16H22N4O2. The van der Waals surface area contributed by atoms with E-state index >= 15 is 0 Å². The first kappa shape index (κ1) is 15.0. The van der Waals surface area contributed by atoms with E-state index in [0.29, 0.717) is 19.4 Å². The first-order valence-electron chi connectivity index (χ1n) is 7.59. The number of carbonyl (C=O) groups is 1. The van der Waals surface area contributed by atoms with Crippen LogP contribution in [0, 0.1) is 12.8 Å².